The van der Waals surface area contributed by atoms with Crippen molar-refractivity contribution in [3.63, 3.8) is 0 Å². The van der Waals surface area contributed by atoms with Crippen LogP contribution in [0.25, 0.3) is 0 Å². The summed E-state index contributed by atoms with van der Waals surface area (Å²) in [6.07, 6.45) is 3.01. The van der Waals surface area contributed by atoms with Gasteiger partial charge in [0.05, 0.1) is 0 Å². The fraction of sp³-hybridized carbons (Fsp3) is 1.00. The van der Waals surface area contributed by atoms with Gasteiger partial charge in [-0.15, -0.1) is 4.83 Å². The Hall–Kier alpha value is -0.210. The summed E-state index contributed by atoms with van der Waals surface area (Å²) in [7, 11) is 0.0167. The van der Waals surface area contributed by atoms with Crippen molar-refractivity contribution < 1.29 is 8.42 Å². The standard InChI is InChI=1S/C11H26N4O2S/c1-4-7-12-10-11-5-8-15(9-6-11)18(16,17)13-14(2)3/h11-13H,4-10H2,1-3H3. The molecule has 0 atom stereocenters. The summed E-state index contributed by atoms with van der Waals surface area (Å²) in [6.45, 7) is 5.42. The number of rotatable bonds is 7. The van der Waals surface area contributed by atoms with Crippen LogP contribution >= 0.6 is 0 Å². The lowest BCUT2D eigenvalue weighted by molar-refractivity contribution is 0.253. The normalized spacial score (nSPS) is 19.6. The molecule has 0 unspecified atom stereocenters. The molecule has 1 saturated heterocycles. The summed E-state index contributed by atoms with van der Waals surface area (Å²) in [6, 6.07) is 0. The quantitative estimate of drug-likeness (QED) is 0.508. The Morgan fingerprint density at radius 2 is 1.89 bits per heavy atom. The van der Waals surface area contributed by atoms with Crippen molar-refractivity contribution >= 4 is 10.2 Å². The molecule has 0 saturated carbocycles. The van der Waals surface area contributed by atoms with E-state index in [0.29, 0.717) is 19.0 Å². The van der Waals surface area contributed by atoms with Crippen molar-refractivity contribution in [3.05, 3.63) is 0 Å². The van der Waals surface area contributed by atoms with Crippen LogP contribution in [-0.4, -0.2) is 58.0 Å². The van der Waals surface area contributed by atoms with Gasteiger partial charge < -0.3 is 5.32 Å². The fourth-order valence-electron chi connectivity index (χ4n) is 2.13. The van der Waals surface area contributed by atoms with E-state index in [0.717, 1.165) is 32.4 Å². The van der Waals surface area contributed by atoms with E-state index in [1.165, 1.54) is 9.31 Å². The highest BCUT2D eigenvalue weighted by Gasteiger charge is 2.27. The molecule has 1 aliphatic heterocycles. The van der Waals surface area contributed by atoms with E-state index in [4.69, 9.17) is 0 Å². The lowest BCUT2D eigenvalue weighted by Gasteiger charge is -2.32. The Labute approximate surface area is 111 Å². The average molecular weight is 278 g/mol. The zero-order chi connectivity index (χ0) is 13.6. The third kappa shape index (κ3) is 5.19. The zero-order valence-corrected chi connectivity index (χ0v) is 12.5. The van der Waals surface area contributed by atoms with Crippen molar-refractivity contribution in [1.82, 2.24) is 19.5 Å². The molecular formula is C11H26N4O2S. The van der Waals surface area contributed by atoms with Gasteiger partial charge in [-0.05, 0) is 38.3 Å². The van der Waals surface area contributed by atoms with Gasteiger partial charge in [0.25, 0.3) is 10.2 Å². The molecule has 0 aliphatic carbocycles. The van der Waals surface area contributed by atoms with Crippen molar-refractivity contribution in [1.29, 1.82) is 0 Å². The number of hydrogen-bond donors (Lipinski definition) is 2. The second-order valence-corrected chi connectivity index (χ2v) is 6.69. The molecule has 0 radical (unpaired) electrons. The largest absolute Gasteiger partial charge is 0.316 e. The number of piperidine rings is 1. The molecule has 0 aromatic heterocycles. The smallest absolute Gasteiger partial charge is 0.292 e. The first-order valence-electron chi connectivity index (χ1n) is 6.61. The molecule has 6 nitrogen and oxygen atoms in total. The number of hydrogen-bond acceptors (Lipinski definition) is 4. The van der Waals surface area contributed by atoms with Crippen LogP contribution in [0.5, 0.6) is 0 Å². The molecule has 0 aromatic rings. The summed E-state index contributed by atoms with van der Waals surface area (Å²) >= 11 is 0. The molecule has 0 aromatic carbocycles. The summed E-state index contributed by atoms with van der Waals surface area (Å²) in [5, 5.41) is 4.86. The number of hydrazine groups is 1. The van der Waals surface area contributed by atoms with Gasteiger partial charge in [0.1, 0.15) is 0 Å². The number of nitrogens with zero attached hydrogens (tertiary/aromatic N) is 2. The monoisotopic (exact) mass is 278 g/mol. The average Bonchev–Trinajstić information content (AvgIpc) is 2.28. The minimum atomic E-state index is -3.34. The highest BCUT2D eigenvalue weighted by molar-refractivity contribution is 7.87. The lowest BCUT2D eigenvalue weighted by atomic mass is 9.98. The molecule has 1 fully saturated rings. The molecule has 1 heterocycles. The van der Waals surface area contributed by atoms with Gasteiger partial charge in [0.2, 0.25) is 0 Å². The first-order valence-corrected chi connectivity index (χ1v) is 8.05. The van der Waals surface area contributed by atoms with Gasteiger partial charge in [0, 0.05) is 27.2 Å². The summed E-state index contributed by atoms with van der Waals surface area (Å²) in [4.78, 5) is 2.47. The first-order chi connectivity index (χ1) is 8.45. The van der Waals surface area contributed by atoms with Gasteiger partial charge in [-0.1, -0.05) is 6.92 Å². The highest BCUT2D eigenvalue weighted by atomic mass is 32.2. The summed E-state index contributed by atoms with van der Waals surface area (Å²) < 4.78 is 25.4. The minimum absolute atomic E-state index is 0.599. The Kier molecular flexibility index (Phi) is 6.51. The molecule has 108 valence electrons. The second kappa shape index (κ2) is 7.40. The van der Waals surface area contributed by atoms with Crippen LogP contribution in [0, 0.1) is 5.92 Å². The van der Waals surface area contributed by atoms with E-state index in [9.17, 15) is 8.42 Å². The maximum Gasteiger partial charge on any atom is 0.292 e. The van der Waals surface area contributed by atoms with E-state index >= 15 is 0 Å². The second-order valence-electron chi connectivity index (χ2n) is 5.04. The third-order valence-electron chi connectivity index (χ3n) is 3.07. The molecule has 0 bridgehead atoms. The van der Waals surface area contributed by atoms with Crippen LogP contribution in [0.3, 0.4) is 0 Å². The lowest BCUT2D eigenvalue weighted by Crippen LogP contribution is -2.49. The van der Waals surface area contributed by atoms with Crippen molar-refractivity contribution in [2.75, 3.05) is 40.3 Å². The minimum Gasteiger partial charge on any atom is -0.316 e. The third-order valence-corrected chi connectivity index (χ3v) is 4.71. The first kappa shape index (κ1) is 15.8. The Morgan fingerprint density at radius 3 is 2.39 bits per heavy atom. The van der Waals surface area contributed by atoms with Crippen LogP contribution in [0.1, 0.15) is 26.2 Å². The molecule has 7 heteroatoms. The number of nitrogens with one attached hydrogen (secondary N) is 2. The van der Waals surface area contributed by atoms with Crippen molar-refractivity contribution in [2.45, 2.75) is 26.2 Å². The van der Waals surface area contributed by atoms with E-state index in [2.05, 4.69) is 17.1 Å². The predicted molar refractivity (Wildman–Crippen MR) is 73.2 cm³/mol. The molecular weight excluding hydrogens is 252 g/mol. The maximum atomic E-state index is 11.9. The fourth-order valence-corrected chi connectivity index (χ4v) is 3.39. The zero-order valence-electron chi connectivity index (χ0n) is 11.6. The van der Waals surface area contributed by atoms with Crippen LogP contribution in [0.15, 0.2) is 0 Å². The molecule has 1 aliphatic rings. The molecule has 0 spiro atoms. The predicted octanol–water partition coefficient (Wildman–Crippen LogP) is 0.00900. The van der Waals surface area contributed by atoms with Crippen molar-refractivity contribution in [2.24, 2.45) is 5.92 Å². The molecule has 0 amide bonds. The van der Waals surface area contributed by atoms with Crippen LogP contribution < -0.4 is 10.1 Å². The molecule has 18 heavy (non-hydrogen) atoms. The van der Waals surface area contributed by atoms with Crippen LogP contribution in [0.2, 0.25) is 0 Å². The Morgan fingerprint density at radius 1 is 1.28 bits per heavy atom. The summed E-state index contributed by atoms with van der Waals surface area (Å²) in [5.74, 6) is 0.599. The maximum absolute atomic E-state index is 11.9. The van der Waals surface area contributed by atoms with E-state index in [1.807, 2.05) is 0 Å². The van der Waals surface area contributed by atoms with Gasteiger partial charge in [-0.2, -0.15) is 12.7 Å². The van der Waals surface area contributed by atoms with E-state index < -0.39 is 10.2 Å². The van der Waals surface area contributed by atoms with Crippen LogP contribution in [-0.2, 0) is 10.2 Å². The highest BCUT2D eigenvalue weighted by Crippen LogP contribution is 2.18. The summed E-state index contributed by atoms with van der Waals surface area (Å²) in [5.41, 5.74) is 0. The van der Waals surface area contributed by atoms with Gasteiger partial charge in [-0.25, -0.2) is 5.01 Å². The van der Waals surface area contributed by atoms with Gasteiger partial charge >= 0.3 is 0 Å². The van der Waals surface area contributed by atoms with E-state index in [-0.39, 0.29) is 0 Å². The molecule has 1 rings (SSSR count). The molecule has 2 N–H and O–H groups in total. The van der Waals surface area contributed by atoms with Crippen molar-refractivity contribution in [3.8, 4) is 0 Å². The SMILES string of the molecule is CCCNCC1CCN(S(=O)(=O)NN(C)C)CC1. The Balaban J connectivity index is 2.34. The van der Waals surface area contributed by atoms with E-state index in [1.54, 1.807) is 14.1 Å². The van der Waals surface area contributed by atoms with Crippen LogP contribution in [0.4, 0.5) is 0 Å². The van der Waals surface area contributed by atoms with Gasteiger partial charge in [0.15, 0.2) is 0 Å². The van der Waals surface area contributed by atoms with Gasteiger partial charge in [-0.3, -0.25) is 0 Å². The topological polar surface area (TPSA) is 64.7 Å². The Bertz CT molecular complexity index is 324.